The van der Waals surface area contributed by atoms with E-state index in [0.29, 0.717) is 24.2 Å². The Morgan fingerprint density at radius 2 is 2.14 bits per heavy atom. The van der Waals surface area contributed by atoms with E-state index >= 15 is 0 Å². The number of amides is 2. The summed E-state index contributed by atoms with van der Waals surface area (Å²) in [6, 6.07) is 9.62. The highest BCUT2D eigenvalue weighted by Gasteiger charge is 2.49. The Labute approximate surface area is 164 Å². The van der Waals surface area contributed by atoms with Gasteiger partial charge < -0.3 is 10.2 Å². The van der Waals surface area contributed by atoms with Crippen LogP contribution in [0.2, 0.25) is 0 Å². The fourth-order valence-corrected chi connectivity index (χ4v) is 4.57. The van der Waals surface area contributed by atoms with E-state index in [1.54, 1.807) is 35.4 Å². The van der Waals surface area contributed by atoms with Gasteiger partial charge >= 0.3 is 0 Å². The van der Waals surface area contributed by atoms with Crippen molar-refractivity contribution >= 4 is 17.5 Å². The molecule has 2 amide bonds. The van der Waals surface area contributed by atoms with E-state index in [1.807, 2.05) is 6.92 Å². The summed E-state index contributed by atoms with van der Waals surface area (Å²) in [5, 5.41) is 3.10. The summed E-state index contributed by atoms with van der Waals surface area (Å²) in [6.07, 6.45) is 5.58. The molecule has 4 rings (SSSR count). The average Bonchev–Trinajstić information content (AvgIpc) is 2.97. The maximum atomic E-state index is 13.6. The van der Waals surface area contributed by atoms with E-state index < -0.39 is 5.41 Å². The first-order valence-electron chi connectivity index (χ1n) is 9.78. The van der Waals surface area contributed by atoms with E-state index in [4.69, 9.17) is 0 Å². The lowest BCUT2D eigenvalue weighted by Gasteiger charge is -2.37. The van der Waals surface area contributed by atoms with Gasteiger partial charge in [0.15, 0.2) is 0 Å². The van der Waals surface area contributed by atoms with Gasteiger partial charge in [-0.1, -0.05) is 12.5 Å². The van der Waals surface area contributed by atoms with Crippen LogP contribution in [0.4, 0.5) is 10.1 Å². The molecule has 6 heteroatoms. The normalized spacial score (nSPS) is 24.6. The molecule has 5 nitrogen and oxygen atoms in total. The molecule has 1 spiro atoms. The minimum atomic E-state index is -0.462. The van der Waals surface area contributed by atoms with Crippen LogP contribution in [-0.4, -0.2) is 29.4 Å². The van der Waals surface area contributed by atoms with Crippen molar-refractivity contribution in [1.29, 1.82) is 0 Å². The van der Waals surface area contributed by atoms with Crippen molar-refractivity contribution in [2.75, 3.05) is 11.4 Å². The Morgan fingerprint density at radius 1 is 1.29 bits per heavy atom. The van der Waals surface area contributed by atoms with Crippen LogP contribution in [-0.2, 0) is 4.79 Å². The number of nitrogens with zero attached hydrogens (tertiary/aromatic N) is 2. The van der Waals surface area contributed by atoms with Crippen LogP contribution >= 0.6 is 0 Å². The van der Waals surface area contributed by atoms with Crippen molar-refractivity contribution in [2.45, 2.75) is 45.1 Å². The van der Waals surface area contributed by atoms with Crippen LogP contribution in [0.3, 0.4) is 0 Å². The largest absolute Gasteiger partial charge is 0.349 e. The third-order valence-corrected chi connectivity index (χ3v) is 5.97. The average molecular weight is 381 g/mol. The Kier molecular flexibility index (Phi) is 4.87. The number of benzene rings is 1. The van der Waals surface area contributed by atoms with Gasteiger partial charge in [-0.25, -0.2) is 4.39 Å². The molecule has 2 heterocycles. The van der Waals surface area contributed by atoms with Crippen LogP contribution in [0.15, 0.2) is 42.6 Å². The van der Waals surface area contributed by atoms with Gasteiger partial charge in [-0.15, -0.1) is 0 Å². The number of nitrogens with one attached hydrogen (secondary N) is 1. The molecule has 1 saturated heterocycles. The Hall–Kier alpha value is -2.76. The van der Waals surface area contributed by atoms with Crippen LogP contribution in [0.25, 0.3) is 0 Å². The Morgan fingerprint density at radius 3 is 2.93 bits per heavy atom. The lowest BCUT2D eigenvalue weighted by molar-refractivity contribution is -0.127. The number of carbonyl (C=O) groups excluding carboxylic acids is 2. The highest BCUT2D eigenvalue weighted by molar-refractivity contribution is 6.00. The second kappa shape index (κ2) is 7.34. The molecular weight excluding hydrogens is 357 g/mol. The molecule has 2 atom stereocenters. The first-order valence-corrected chi connectivity index (χ1v) is 9.78. The number of halogens is 1. The number of aryl methyl sites for hydroxylation is 1. The zero-order chi connectivity index (χ0) is 19.7. The molecule has 2 aliphatic rings. The van der Waals surface area contributed by atoms with Crippen LogP contribution in [0, 0.1) is 18.2 Å². The molecule has 1 saturated carbocycles. The molecule has 2 aromatic rings. The summed E-state index contributed by atoms with van der Waals surface area (Å²) in [4.78, 5) is 31.6. The number of carbonyl (C=O) groups is 2. The van der Waals surface area contributed by atoms with Crippen LogP contribution in [0.1, 0.15) is 48.2 Å². The molecule has 1 N–H and O–H groups in total. The summed E-state index contributed by atoms with van der Waals surface area (Å²) < 4.78 is 13.6. The fraction of sp³-hybridized carbons (Fsp3) is 0.409. The summed E-state index contributed by atoms with van der Waals surface area (Å²) >= 11 is 0. The van der Waals surface area contributed by atoms with Crippen molar-refractivity contribution < 1.29 is 14.0 Å². The van der Waals surface area contributed by atoms with Gasteiger partial charge in [-0.05, 0) is 62.9 Å². The van der Waals surface area contributed by atoms with E-state index in [1.165, 1.54) is 12.1 Å². The second-order valence-corrected chi connectivity index (χ2v) is 7.92. The molecule has 1 aromatic heterocycles. The highest BCUT2D eigenvalue weighted by Crippen LogP contribution is 2.46. The van der Waals surface area contributed by atoms with Crippen molar-refractivity contribution in [1.82, 2.24) is 10.3 Å². The molecule has 1 aromatic carbocycles. The van der Waals surface area contributed by atoms with Gasteiger partial charge in [0.2, 0.25) is 5.91 Å². The van der Waals surface area contributed by atoms with Gasteiger partial charge in [0.1, 0.15) is 5.82 Å². The maximum Gasteiger partial charge on any atom is 0.251 e. The van der Waals surface area contributed by atoms with E-state index in [0.717, 1.165) is 31.4 Å². The third-order valence-electron chi connectivity index (χ3n) is 5.97. The molecule has 1 aliphatic heterocycles. The van der Waals surface area contributed by atoms with Crippen molar-refractivity contribution in [3.63, 3.8) is 0 Å². The summed E-state index contributed by atoms with van der Waals surface area (Å²) in [6.45, 7) is 2.44. The molecule has 0 radical (unpaired) electrons. The minimum absolute atomic E-state index is 0.0360. The summed E-state index contributed by atoms with van der Waals surface area (Å²) in [5.41, 5.74) is 1.53. The predicted octanol–water partition coefficient (Wildman–Crippen LogP) is 3.62. The highest BCUT2D eigenvalue weighted by atomic mass is 19.1. The first kappa shape index (κ1) is 18.6. The molecule has 146 valence electrons. The Balaban J connectivity index is 1.47. The maximum absolute atomic E-state index is 13.6. The van der Waals surface area contributed by atoms with Crippen molar-refractivity contribution in [3.05, 3.63) is 59.7 Å². The van der Waals surface area contributed by atoms with E-state index in [2.05, 4.69) is 10.3 Å². The van der Waals surface area contributed by atoms with Gasteiger partial charge in [0.05, 0.1) is 5.41 Å². The van der Waals surface area contributed by atoms with Gasteiger partial charge in [0, 0.05) is 35.7 Å². The predicted molar refractivity (Wildman–Crippen MR) is 104 cm³/mol. The molecule has 2 fully saturated rings. The molecular formula is C22H24FN3O2. The number of hydrogen-bond acceptors (Lipinski definition) is 3. The zero-order valence-electron chi connectivity index (χ0n) is 16.0. The van der Waals surface area contributed by atoms with Crippen LogP contribution < -0.4 is 10.2 Å². The summed E-state index contributed by atoms with van der Waals surface area (Å²) in [5.74, 6) is -0.413. The smallest absolute Gasteiger partial charge is 0.251 e. The molecule has 0 unspecified atom stereocenters. The van der Waals surface area contributed by atoms with Crippen molar-refractivity contribution in [3.8, 4) is 0 Å². The second-order valence-electron chi connectivity index (χ2n) is 7.92. The number of pyridine rings is 1. The summed E-state index contributed by atoms with van der Waals surface area (Å²) in [7, 11) is 0. The zero-order valence-corrected chi connectivity index (χ0v) is 16.0. The number of hydrogen-bond donors (Lipinski definition) is 1. The minimum Gasteiger partial charge on any atom is -0.349 e. The van der Waals surface area contributed by atoms with Gasteiger partial charge in [-0.2, -0.15) is 0 Å². The van der Waals surface area contributed by atoms with E-state index in [9.17, 15) is 14.0 Å². The molecule has 0 bridgehead atoms. The van der Waals surface area contributed by atoms with Gasteiger partial charge in [-0.3, -0.25) is 14.6 Å². The quantitative estimate of drug-likeness (QED) is 0.883. The molecule has 28 heavy (non-hydrogen) atoms. The van der Waals surface area contributed by atoms with Crippen molar-refractivity contribution in [2.24, 2.45) is 5.41 Å². The molecule has 1 aliphatic carbocycles. The number of rotatable bonds is 3. The SMILES string of the molecule is Cc1cc(C(=O)N[C@H]2CCC[C@]3(CCN(c4cccc(F)c4)C3=O)C2)ccn1. The van der Waals surface area contributed by atoms with Gasteiger partial charge in [0.25, 0.3) is 5.91 Å². The monoisotopic (exact) mass is 381 g/mol. The van der Waals surface area contributed by atoms with E-state index in [-0.39, 0.29) is 23.7 Å². The first-order chi connectivity index (χ1) is 13.5. The van der Waals surface area contributed by atoms with Crippen LogP contribution in [0.5, 0.6) is 0 Å². The lowest BCUT2D eigenvalue weighted by Crippen LogP contribution is -2.46. The number of anilines is 1. The number of aromatic nitrogens is 1. The standard InChI is InChI=1S/C22H24FN3O2/c1-15-12-16(7-10-24-15)20(27)25-18-5-3-8-22(14-18)9-11-26(21(22)28)19-6-2-4-17(23)13-19/h2,4,6-7,10,12-13,18H,3,5,8-9,11,14H2,1H3,(H,25,27)/t18-,22-/m0/s1. The third kappa shape index (κ3) is 3.51. The lowest BCUT2D eigenvalue weighted by atomic mass is 9.71. The Bertz CT molecular complexity index is 916. The topological polar surface area (TPSA) is 62.3 Å². The fourth-order valence-electron chi connectivity index (χ4n) is 4.57.